The summed E-state index contributed by atoms with van der Waals surface area (Å²) in [7, 11) is -1.78. The summed E-state index contributed by atoms with van der Waals surface area (Å²) in [4.78, 5) is 18.1. The van der Waals surface area contributed by atoms with Crippen molar-refractivity contribution in [2.75, 3.05) is 13.6 Å². The van der Waals surface area contributed by atoms with Gasteiger partial charge in [-0.2, -0.15) is 0 Å². The zero-order valence-corrected chi connectivity index (χ0v) is 17.1. The fourth-order valence-corrected chi connectivity index (χ4v) is 4.60. The maximum absolute atomic E-state index is 12.4. The second kappa shape index (κ2) is 9.85. The van der Waals surface area contributed by atoms with Crippen molar-refractivity contribution in [1.82, 2.24) is 19.9 Å². The second-order valence-corrected chi connectivity index (χ2v) is 8.37. The zero-order valence-electron chi connectivity index (χ0n) is 14.6. The average Bonchev–Trinajstić information content (AvgIpc) is 2.92. The van der Waals surface area contributed by atoms with Crippen LogP contribution in [0.4, 0.5) is 0 Å². The summed E-state index contributed by atoms with van der Waals surface area (Å²) in [5, 5.41) is 3.56. The van der Waals surface area contributed by atoms with Crippen LogP contribution in [0.15, 0.2) is 29.4 Å². The van der Waals surface area contributed by atoms with Crippen molar-refractivity contribution in [3.05, 3.63) is 24.5 Å². The third-order valence-electron chi connectivity index (χ3n) is 4.96. The number of carbonyl (C=O) groups is 1. The Morgan fingerprint density at radius 1 is 1.31 bits per heavy atom. The molecule has 148 valence electrons. The number of fused-ring (bicyclic) bond motifs is 2. The number of aromatic nitrogens is 1. The van der Waals surface area contributed by atoms with Crippen LogP contribution in [0.5, 0.6) is 0 Å². The Morgan fingerprint density at radius 2 is 1.96 bits per heavy atom. The number of sulfonamides is 1. The van der Waals surface area contributed by atoms with E-state index in [1.807, 2.05) is 7.05 Å². The molecule has 2 aliphatic heterocycles. The number of hydrogen-bond acceptors (Lipinski definition) is 5. The Morgan fingerprint density at radius 3 is 2.54 bits per heavy atom. The van der Waals surface area contributed by atoms with Crippen molar-refractivity contribution < 1.29 is 13.2 Å². The number of hydrogen-bond donors (Lipinski definition) is 2. The van der Waals surface area contributed by atoms with E-state index >= 15 is 0 Å². The summed E-state index contributed by atoms with van der Waals surface area (Å²) in [6.45, 7) is 0.0955. The van der Waals surface area contributed by atoms with E-state index in [1.54, 1.807) is 11.0 Å². The Labute approximate surface area is 167 Å². The van der Waals surface area contributed by atoms with Crippen LogP contribution in [0.25, 0.3) is 0 Å². The van der Waals surface area contributed by atoms with Crippen LogP contribution in [0, 0.1) is 0 Å². The Bertz CT molecular complexity index is 678. The molecule has 2 bridgehead atoms. The molecule has 2 atom stereocenters. The highest BCUT2D eigenvalue weighted by Crippen LogP contribution is 2.29. The quantitative estimate of drug-likeness (QED) is 0.718. The Balaban J connectivity index is 0.00000169. The first-order chi connectivity index (χ1) is 11.5. The summed E-state index contributed by atoms with van der Waals surface area (Å²) in [6.07, 6.45) is 7.32. The van der Waals surface area contributed by atoms with Gasteiger partial charge in [0.2, 0.25) is 15.9 Å². The third-order valence-corrected chi connectivity index (χ3v) is 6.41. The minimum atomic E-state index is -3.61. The van der Waals surface area contributed by atoms with Gasteiger partial charge in [-0.05, 0) is 37.8 Å². The van der Waals surface area contributed by atoms with Crippen LogP contribution in [-0.2, 0) is 14.8 Å². The maximum Gasteiger partial charge on any atom is 0.242 e. The van der Waals surface area contributed by atoms with Gasteiger partial charge in [-0.3, -0.25) is 9.78 Å². The topological polar surface area (TPSA) is 91.4 Å². The molecule has 2 fully saturated rings. The van der Waals surface area contributed by atoms with Crippen LogP contribution in [0.1, 0.15) is 32.1 Å². The molecule has 2 saturated heterocycles. The number of rotatable bonds is 6. The molecule has 26 heavy (non-hydrogen) atoms. The number of piperidine rings is 1. The first-order valence-electron chi connectivity index (χ1n) is 8.37. The van der Waals surface area contributed by atoms with Gasteiger partial charge >= 0.3 is 0 Å². The summed E-state index contributed by atoms with van der Waals surface area (Å²) in [5.74, 6) is -0.0183. The largest absolute Gasteiger partial charge is 0.343 e. The van der Waals surface area contributed by atoms with Gasteiger partial charge < -0.3 is 10.2 Å². The molecular formula is C16H26Cl2N4O3S. The Hall–Kier alpha value is -0.930. The van der Waals surface area contributed by atoms with Gasteiger partial charge in [-0.1, -0.05) is 0 Å². The number of pyridine rings is 1. The number of carbonyl (C=O) groups excluding carboxylic acids is 1. The molecule has 1 amide bonds. The van der Waals surface area contributed by atoms with Crippen LogP contribution >= 0.6 is 24.8 Å². The van der Waals surface area contributed by atoms with Gasteiger partial charge in [0, 0.05) is 50.5 Å². The Kier molecular flexibility index (Phi) is 8.75. The predicted molar refractivity (Wildman–Crippen MR) is 104 cm³/mol. The lowest BCUT2D eigenvalue weighted by Crippen LogP contribution is -2.49. The molecule has 3 heterocycles. The minimum absolute atomic E-state index is 0. The highest BCUT2D eigenvalue weighted by molar-refractivity contribution is 7.89. The number of nitrogens with one attached hydrogen (secondary N) is 2. The van der Waals surface area contributed by atoms with E-state index in [1.165, 1.54) is 31.3 Å². The van der Waals surface area contributed by atoms with Gasteiger partial charge in [-0.15, -0.1) is 24.8 Å². The van der Waals surface area contributed by atoms with E-state index in [4.69, 9.17) is 0 Å². The normalized spacial score (nSPS) is 24.3. The molecule has 0 saturated carbocycles. The van der Waals surface area contributed by atoms with Crippen LogP contribution in [-0.4, -0.2) is 55.9 Å². The van der Waals surface area contributed by atoms with E-state index < -0.39 is 10.0 Å². The fourth-order valence-electron chi connectivity index (χ4n) is 3.61. The molecule has 0 radical (unpaired) electrons. The molecule has 3 rings (SSSR count). The summed E-state index contributed by atoms with van der Waals surface area (Å²) in [6, 6.07) is 4.35. The second-order valence-electron chi connectivity index (χ2n) is 6.60. The zero-order chi connectivity index (χ0) is 17.2. The van der Waals surface area contributed by atoms with Crippen LogP contribution < -0.4 is 10.0 Å². The van der Waals surface area contributed by atoms with E-state index in [0.29, 0.717) is 12.1 Å². The molecule has 7 nitrogen and oxygen atoms in total. The van der Waals surface area contributed by atoms with Gasteiger partial charge in [0.05, 0.1) is 0 Å². The van der Waals surface area contributed by atoms with Crippen molar-refractivity contribution in [3.63, 3.8) is 0 Å². The average molecular weight is 425 g/mol. The molecule has 0 aliphatic carbocycles. The van der Waals surface area contributed by atoms with E-state index in [0.717, 1.165) is 12.8 Å². The van der Waals surface area contributed by atoms with E-state index in [2.05, 4.69) is 15.0 Å². The van der Waals surface area contributed by atoms with Crippen molar-refractivity contribution >= 4 is 40.7 Å². The first-order valence-corrected chi connectivity index (χ1v) is 9.85. The van der Waals surface area contributed by atoms with Crippen molar-refractivity contribution in [2.45, 2.75) is 55.1 Å². The highest BCUT2D eigenvalue weighted by Gasteiger charge is 2.36. The predicted octanol–water partition coefficient (Wildman–Crippen LogP) is 1.33. The van der Waals surface area contributed by atoms with Crippen LogP contribution in [0.2, 0.25) is 0 Å². The highest BCUT2D eigenvalue weighted by atomic mass is 35.5. The lowest BCUT2D eigenvalue weighted by atomic mass is 9.98. The van der Waals surface area contributed by atoms with E-state index in [9.17, 15) is 13.2 Å². The van der Waals surface area contributed by atoms with Crippen molar-refractivity contribution in [3.8, 4) is 0 Å². The van der Waals surface area contributed by atoms with E-state index in [-0.39, 0.29) is 54.6 Å². The summed E-state index contributed by atoms with van der Waals surface area (Å²) in [5.41, 5.74) is 0. The van der Waals surface area contributed by atoms with Crippen molar-refractivity contribution in [2.24, 2.45) is 0 Å². The minimum Gasteiger partial charge on any atom is -0.343 e. The van der Waals surface area contributed by atoms with Crippen molar-refractivity contribution in [1.29, 1.82) is 0 Å². The molecule has 2 aliphatic rings. The molecule has 1 aromatic heterocycles. The molecule has 10 heteroatoms. The fraction of sp³-hybridized carbons (Fsp3) is 0.625. The standard InChI is InChI=1S/C16H24N4O3S.2ClH/c1-20(14-9-12-4-5-13(10-14)19-12)16(21)6-8-18-24(22,23)15-3-2-7-17-11-15;;/h2-3,7,11-14,18-19H,4-6,8-10H2,1H3;2*1H. The number of nitrogens with zero attached hydrogens (tertiary/aromatic N) is 2. The van der Waals surface area contributed by atoms with Gasteiger partial charge in [0.25, 0.3) is 0 Å². The lowest BCUT2D eigenvalue weighted by molar-refractivity contribution is -0.132. The van der Waals surface area contributed by atoms with Gasteiger partial charge in [0.15, 0.2) is 0 Å². The summed E-state index contributed by atoms with van der Waals surface area (Å²) >= 11 is 0. The third kappa shape index (κ3) is 5.53. The van der Waals surface area contributed by atoms with Gasteiger partial charge in [-0.25, -0.2) is 13.1 Å². The smallest absolute Gasteiger partial charge is 0.242 e. The molecular weight excluding hydrogens is 399 g/mol. The SMILES string of the molecule is CN(C(=O)CCNS(=O)(=O)c1cccnc1)C1CC2CCC(C1)N2.Cl.Cl. The number of amides is 1. The molecule has 0 spiro atoms. The molecule has 2 unspecified atom stereocenters. The monoisotopic (exact) mass is 424 g/mol. The molecule has 2 N–H and O–H groups in total. The molecule has 0 aromatic carbocycles. The lowest BCUT2D eigenvalue weighted by Gasteiger charge is -2.35. The maximum atomic E-state index is 12.4. The summed E-state index contributed by atoms with van der Waals surface area (Å²) < 4.78 is 26.7. The number of halogens is 2. The van der Waals surface area contributed by atoms with Crippen LogP contribution in [0.3, 0.4) is 0 Å². The molecule has 1 aromatic rings. The van der Waals surface area contributed by atoms with Gasteiger partial charge in [0.1, 0.15) is 4.90 Å². The first kappa shape index (κ1) is 23.1.